The molecule has 2 aromatic carbocycles. The quantitative estimate of drug-likeness (QED) is 0.247. The number of hydrogen-bond acceptors (Lipinski definition) is 5. The lowest BCUT2D eigenvalue weighted by Gasteiger charge is -2.25. The van der Waals surface area contributed by atoms with Crippen LogP contribution in [0.4, 0.5) is 5.69 Å². The summed E-state index contributed by atoms with van der Waals surface area (Å²) in [6, 6.07) is 12.8. The first-order valence-electron chi connectivity index (χ1n) is 11.4. The molecule has 1 atom stereocenters. The third kappa shape index (κ3) is 4.46. The molecule has 0 aliphatic carbocycles. The van der Waals surface area contributed by atoms with E-state index in [1.807, 2.05) is 34.6 Å². The number of amides is 1. The molecule has 1 saturated heterocycles. The Balaban J connectivity index is 1.92. The van der Waals surface area contributed by atoms with Crippen LogP contribution in [0.2, 0.25) is 5.02 Å². The summed E-state index contributed by atoms with van der Waals surface area (Å²) >= 11 is 6.32. The van der Waals surface area contributed by atoms with Gasteiger partial charge in [-0.25, -0.2) is 0 Å². The molecular formula is C28H28ClNO5. The molecule has 0 saturated carbocycles. The van der Waals surface area contributed by atoms with Gasteiger partial charge in [-0.3, -0.25) is 14.5 Å². The summed E-state index contributed by atoms with van der Waals surface area (Å²) in [6.07, 6.45) is 1.46. The maximum absolute atomic E-state index is 13.3. The Morgan fingerprint density at radius 1 is 1.14 bits per heavy atom. The summed E-state index contributed by atoms with van der Waals surface area (Å²) in [6.45, 7) is 10.4. The fraction of sp³-hybridized carbons (Fsp3) is 0.286. The molecule has 6 nitrogen and oxygen atoms in total. The van der Waals surface area contributed by atoms with Crippen LogP contribution < -0.4 is 9.64 Å². The molecule has 2 heterocycles. The Kier molecular flexibility index (Phi) is 6.52. The number of aryl methyl sites for hydroxylation is 1. The second-order valence-electron chi connectivity index (χ2n) is 9.51. The fourth-order valence-electron chi connectivity index (χ4n) is 4.25. The SMILES string of the molecule is CCOc1ccc(/C(O)=C2/C(=O)C(=O)N(c3ccc(C)c(Cl)c3)C2c2ccco2)cc1C(C)(C)C. The molecule has 1 aliphatic rings. The van der Waals surface area contributed by atoms with Crippen molar-refractivity contribution in [3.8, 4) is 5.75 Å². The fourth-order valence-corrected chi connectivity index (χ4v) is 4.42. The van der Waals surface area contributed by atoms with Crippen LogP contribution >= 0.6 is 11.6 Å². The van der Waals surface area contributed by atoms with Crippen LogP contribution in [0.3, 0.4) is 0 Å². The van der Waals surface area contributed by atoms with Crippen LogP contribution in [-0.4, -0.2) is 23.4 Å². The maximum atomic E-state index is 13.3. The van der Waals surface area contributed by atoms with Gasteiger partial charge in [0.1, 0.15) is 23.3 Å². The van der Waals surface area contributed by atoms with Crippen LogP contribution in [0.25, 0.3) is 5.76 Å². The lowest BCUT2D eigenvalue weighted by Crippen LogP contribution is -2.29. The molecule has 1 aromatic heterocycles. The summed E-state index contributed by atoms with van der Waals surface area (Å²) in [5.41, 5.74) is 2.22. The van der Waals surface area contributed by atoms with Gasteiger partial charge in [0.2, 0.25) is 0 Å². The van der Waals surface area contributed by atoms with Gasteiger partial charge in [0.15, 0.2) is 0 Å². The number of furan rings is 1. The van der Waals surface area contributed by atoms with E-state index >= 15 is 0 Å². The number of carbonyl (C=O) groups excluding carboxylic acids is 2. The highest BCUT2D eigenvalue weighted by Gasteiger charge is 2.48. The van der Waals surface area contributed by atoms with Crippen molar-refractivity contribution in [1.29, 1.82) is 0 Å². The van der Waals surface area contributed by atoms with Crippen LogP contribution in [0.1, 0.15) is 56.2 Å². The summed E-state index contributed by atoms with van der Waals surface area (Å²) in [5, 5.41) is 11.9. The van der Waals surface area contributed by atoms with E-state index in [1.165, 1.54) is 11.2 Å². The van der Waals surface area contributed by atoms with E-state index < -0.39 is 17.7 Å². The maximum Gasteiger partial charge on any atom is 0.300 e. The third-order valence-electron chi connectivity index (χ3n) is 6.05. The Labute approximate surface area is 209 Å². The Bertz CT molecular complexity index is 1320. The minimum absolute atomic E-state index is 0.0503. The molecule has 3 aromatic rings. The van der Waals surface area contributed by atoms with Gasteiger partial charge in [-0.2, -0.15) is 0 Å². The highest BCUT2D eigenvalue weighted by Crippen LogP contribution is 2.44. The van der Waals surface area contributed by atoms with Gasteiger partial charge in [-0.1, -0.05) is 38.4 Å². The molecule has 1 unspecified atom stereocenters. The number of anilines is 1. The third-order valence-corrected chi connectivity index (χ3v) is 6.46. The van der Waals surface area contributed by atoms with Crippen molar-refractivity contribution >= 4 is 34.7 Å². The van der Waals surface area contributed by atoms with Gasteiger partial charge in [-0.05, 0) is 67.3 Å². The molecule has 1 N–H and O–H groups in total. The average molecular weight is 494 g/mol. The number of ketones is 1. The monoisotopic (exact) mass is 493 g/mol. The molecule has 7 heteroatoms. The Morgan fingerprint density at radius 3 is 2.49 bits per heavy atom. The number of rotatable bonds is 5. The first-order valence-corrected chi connectivity index (χ1v) is 11.8. The van der Waals surface area contributed by atoms with E-state index in [1.54, 1.807) is 48.5 Å². The molecule has 0 radical (unpaired) electrons. The van der Waals surface area contributed by atoms with Crippen molar-refractivity contribution < 1.29 is 23.8 Å². The van der Waals surface area contributed by atoms with Crippen molar-refractivity contribution in [2.24, 2.45) is 0 Å². The van der Waals surface area contributed by atoms with Crippen molar-refractivity contribution in [2.45, 2.75) is 46.1 Å². The van der Waals surface area contributed by atoms with Crippen LogP contribution in [-0.2, 0) is 15.0 Å². The topological polar surface area (TPSA) is 80.0 Å². The van der Waals surface area contributed by atoms with Crippen molar-refractivity contribution in [1.82, 2.24) is 0 Å². The number of halogens is 1. The van der Waals surface area contributed by atoms with Crippen molar-refractivity contribution in [2.75, 3.05) is 11.5 Å². The zero-order valence-corrected chi connectivity index (χ0v) is 21.1. The standard InChI is InChI=1S/C28H28ClNO5/c1-6-34-21-12-10-17(14-19(21)28(3,4)5)25(31)23-24(22-8-7-13-35-22)30(27(33)26(23)32)18-11-9-16(2)20(29)15-18/h7-15,24,31H,6H2,1-5H3/b25-23-. The smallest absolute Gasteiger partial charge is 0.300 e. The Morgan fingerprint density at radius 2 is 1.89 bits per heavy atom. The molecule has 182 valence electrons. The summed E-state index contributed by atoms with van der Waals surface area (Å²) in [4.78, 5) is 27.9. The van der Waals surface area contributed by atoms with Gasteiger partial charge < -0.3 is 14.3 Å². The van der Waals surface area contributed by atoms with Gasteiger partial charge in [0.05, 0.1) is 18.4 Å². The van der Waals surface area contributed by atoms with Crippen LogP contribution in [0.5, 0.6) is 5.75 Å². The number of benzene rings is 2. The minimum Gasteiger partial charge on any atom is -0.507 e. The number of ether oxygens (including phenoxy) is 1. The highest BCUT2D eigenvalue weighted by atomic mass is 35.5. The van der Waals surface area contributed by atoms with E-state index in [0.717, 1.165) is 11.1 Å². The zero-order valence-electron chi connectivity index (χ0n) is 20.4. The van der Waals surface area contributed by atoms with Crippen molar-refractivity contribution in [3.05, 3.63) is 87.8 Å². The highest BCUT2D eigenvalue weighted by molar-refractivity contribution is 6.51. The first kappa shape index (κ1) is 24.6. The summed E-state index contributed by atoms with van der Waals surface area (Å²) in [5.74, 6) is -0.793. The number of carbonyl (C=O) groups is 2. The molecule has 0 spiro atoms. The van der Waals surface area contributed by atoms with Gasteiger partial charge in [0, 0.05) is 21.8 Å². The first-order chi connectivity index (χ1) is 16.5. The molecule has 35 heavy (non-hydrogen) atoms. The molecule has 0 bridgehead atoms. The van der Waals surface area contributed by atoms with Crippen LogP contribution in [0.15, 0.2) is 64.8 Å². The summed E-state index contributed by atoms with van der Waals surface area (Å²) < 4.78 is 11.4. The lowest BCUT2D eigenvalue weighted by atomic mass is 9.84. The summed E-state index contributed by atoms with van der Waals surface area (Å²) in [7, 11) is 0. The largest absolute Gasteiger partial charge is 0.507 e. The normalized spacial score (nSPS) is 17.8. The van der Waals surface area contributed by atoms with E-state index in [2.05, 4.69) is 0 Å². The number of hydrogen-bond donors (Lipinski definition) is 1. The lowest BCUT2D eigenvalue weighted by molar-refractivity contribution is -0.132. The number of aliphatic hydroxyl groups is 1. The molecule has 1 aliphatic heterocycles. The Hall–Kier alpha value is -3.51. The molecular weight excluding hydrogens is 466 g/mol. The second kappa shape index (κ2) is 9.27. The van der Waals surface area contributed by atoms with E-state index in [0.29, 0.717) is 34.4 Å². The van der Waals surface area contributed by atoms with E-state index in [4.69, 9.17) is 20.8 Å². The number of aliphatic hydroxyl groups excluding tert-OH is 1. The van der Waals surface area contributed by atoms with Gasteiger partial charge in [-0.15, -0.1) is 0 Å². The molecule has 1 amide bonds. The minimum atomic E-state index is -0.951. The van der Waals surface area contributed by atoms with Crippen molar-refractivity contribution in [3.63, 3.8) is 0 Å². The van der Waals surface area contributed by atoms with E-state index in [9.17, 15) is 14.7 Å². The predicted molar refractivity (Wildman–Crippen MR) is 136 cm³/mol. The van der Waals surface area contributed by atoms with Gasteiger partial charge >= 0.3 is 0 Å². The second-order valence-corrected chi connectivity index (χ2v) is 9.92. The number of Topliss-reactive ketones (excluding diaryl/α,β-unsaturated/α-hetero) is 1. The van der Waals surface area contributed by atoms with Gasteiger partial charge in [0.25, 0.3) is 11.7 Å². The van der Waals surface area contributed by atoms with E-state index in [-0.39, 0.29) is 16.7 Å². The zero-order chi connectivity index (χ0) is 25.5. The molecule has 1 fully saturated rings. The molecule has 4 rings (SSSR count). The van der Waals surface area contributed by atoms with Crippen LogP contribution in [0, 0.1) is 6.92 Å². The average Bonchev–Trinajstić information content (AvgIpc) is 3.42. The predicted octanol–water partition coefficient (Wildman–Crippen LogP) is 6.56. The number of nitrogens with zero attached hydrogens (tertiary/aromatic N) is 1.